The van der Waals surface area contributed by atoms with Crippen LogP contribution in [0.4, 0.5) is 0 Å². The second-order valence-corrected chi connectivity index (χ2v) is 3.31. The van der Waals surface area contributed by atoms with Crippen molar-refractivity contribution in [2.24, 2.45) is 0 Å². The lowest BCUT2D eigenvalue weighted by Crippen LogP contribution is -2.33. The summed E-state index contributed by atoms with van der Waals surface area (Å²) in [5, 5.41) is 12.5. The van der Waals surface area contributed by atoms with Gasteiger partial charge >= 0.3 is 0 Å². The Morgan fingerprint density at radius 3 is 2.60 bits per heavy atom. The number of aliphatic hydroxyl groups excluding tert-OH is 1. The van der Waals surface area contributed by atoms with Crippen molar-refractivity contribution in [1.29, 1.82) is 0 Å². The molecular formula is C10H16N2O3. The molecule has 1 aromatic heterocycles. The molecule has 0 saturated heterocycles. The van der Waals surface area contributed by atoms with Crippen LogP contribution in [0.5, 0.6) is 0 Å². The normalized spacial score (nSPS) is 10.4. The summed E-state index contributed by atoms with van der Waals surface area (Å²) in [6.07, 6.45) is 0. The molecule has 0 aliphatic heterocycles. The fourth-order valence-electron chi connectivity index (χ4n) is 1.47. The van der Waals surface area contributed by atoms with Crippen molar-refractivity contribution in [2.45, 2.75) is 20.8 Å². The van der Waals surface area contributed by atoms with Crippen LogP contribution in [0.2, 0.25) is 0 Å². The molecule has 0 unspecified atom stereocenters. The minimum Gasteiger partial charge on any atom is -0.395 e. The molecule has 0 aliphatic rings. The van der Waals surface area contributed by atoms with Crippen LogP contribution in [0.3, 0.4) is 0 Å². The zero-order valence-electron chi connectivity index (χ0n) is 9.28. The van der Waals surface area contributed by atoms with Crippen molar-refractivity contribution in [2.75, 3.05) is 19.7 Å². The van der Waals surface area contributed by atoms with Crippen LogP contribution in [0, 0.1) is 13.8 Å². The van der Waals surface area contributed by atoms with Gasteiger partial charge in [-0.25, -0.2) is 0 Å². The predicted molar refractivity (Wildman–Crippen MR) is 54.6 cm³/mol. The average Bonchev–Trinajstić information content (AvgIpc) is 2.54. The molecule has 0 aliphatic carbocycles. The van der Waals surface area contributed by atoms with Crippen molar-refractivity contribution < 1.29 is 14.4 Å². The SMILES string of the molecule is CCN(CCO)C(=O)c1c(C)noc1C. The molecule has 1 aromatic rings. The Kier molecular flexibility index (Phi) is 3.85. The fourth-order valence-corrected chi connectivity index (χ4v) is 1.47. The number of aliphatic hydroxyl groups is 1. The molecule has 0 saturated carbocycles. The van der Waals surface area contributed by atoms with E-state index in [1.807, 2.05) is 6.92 Å². The Morgan fingerprint density at radius 2 is 2.20 bits per heavy atom. The molecule has 1 amide bonds. The number of aromatic nitrogens is 1. The monoisotopic (exact) mass is 212 g/mol. The van der Waals surface area contributed by atoms with Crippen molar-refractivity contribution in [3.63, 3.8) is 0 Å². The second kappa shape index (κ2) is 4.93. The zero-order valence-corrected chi connectivity index (χ0v) is 9.28. The Morgan fingerprint density at radius 1 is 1.53 bits per heavy atom. The molecule has 0 aromatic carbocycles. The van der Waals surface area contributed by atoms with Gasteiger partial charge in [-0.1, -0.05) is 5.16 Å². The van der Waals surface area contributed by atoms with Crippen molar-refractivity contribution >= 4 is 5.91 Å². The second-order valence-electron chi connectivity index (χ2n) is 3.31. The minimum atomic E-state index is -0.136. The molecule has 5 nitrogen and oxygen atoms in total. The minimum absolute atomic E-state index is 0.0387. The first-order chi connectivity index (χ1) is 7.11. The first-order valence-electron chi connectivity index (χ1n) is 4.94. The Labute approximate surface area is 88.7 Å². The first-order valence-corrected chi connectivity index (χ1v) is 4.94. The molecule has 0 atom stereocenters. The van der Waals surface area contributed by atoms with Gasteiger partial charge in [0.15, 0.2) is 0 Å². The summed E-state index contributed by atoms with van der Waals surface area (Å²) in [5.74, 6) is 0.386. The van der Waals surface area contributed by atoms with E-state index in [4.69, 9.17) is 9.63 Å². The molecule has 0 radical (unpaired) electrons. The number of rotatable bonds is 4. The van der Waals surface area contributed by atoms with E-state index < -0.39 is 0 Å². The summed E-state index contributed by atoms with van der Waals surface area (Å²) in [6.45, 7) is 6.16. The average molecular weight is 212 g/mol. The Hall–Kier alpha value is -1.36. The third-order valence-electron chi connectivity index (χ3n) is 2.29. The highest BCUT2D eigenvalue weighted by Crippen LogP contribution is 2.14. The van der Waals surface area contributed by atoms with Crippen LogP contribution in [0.1, 0.15) is 28.7 Å². The van der Waals surface area contributed by atoms with E-state index in [0.717, 1.165) is 0 Å². The molecule has 0 bridgehead atoms. The number of nitrogens with zero attached hydrogens (tertiary/aromatic N) is 2. The topological polar surface area (TPSA) is 66.6 Å². The maximum absolute atomic E-state index is 12.0. The lowest BCUT2D eigenvalue weighted by molar-refractivity contribution is 0.0729. The van der Waals surface area contributed by atoms with E-state index >= 15 is 0 Å². The molecule has 84 valence electrons. The molecular weight excluding hydrogens is 196 g/mol. The molecule has 15 heavy (non-hydrogen) atoms. The Balaban J connectivity index is 2.92. The van der Waals surface area contributed by atoms with Gasteiger partial charge in [-0.05, 0) is 20.8 Å². The smallest absolute Gasteiger partial charge is 0.259 e. The summed E-state index contributed by atoms with van der Waals surface area (Å²) >= 11 is 0. The van der Waals surface area contributed by atoms with Crippen LogP contribution in [-0.4, -0.2) is 40.8 Å². The van der Waals surface area contributed by atoms with Crippen molar-refractivity contribution in [3.8, 4) is 0 Å². The molecule has 1 N–H and O–H groups in total. The highest BCUT2D eigenvalue weighted by molar-refractivity contribution is 5.96. The standard InChI is InChI=1S/C10H16N2O3/c1-4-12(5-6-13)10(14)9-7(2)11-15-8(9)3/h13H,4-6H2,1-3H3. The van der Waals surface area contributed by atoms with Gasteiger partial charge in [-0.2, -0.15) is 0 Å². The number of hydrogen-bond acceptors (Lipinski definition) is 4. The number of hydrogen-bond donors (Lipinski definition) is 1. The summed E-state index contributed by atoms with van der Waals surface area (Å²) in [4.78, 5) is 13.5. The number of aryl methyl sites for hydroxylation is 2. The third-order valence-corrected chi connectivity index (χ3v) is 2.29. The molecule has 1 rings (SSSR count). The van der Waals surface area contributed by atoms with Crippen molar-refractivity contribution in [3.05, 3.63) is 17.0 Å². The summed E-state index contributed by atoms with van der Waals surface area (Å²) in [6, 6.07) is 0. The van der Waals surface area contributed by atoms with Gasteiger partial charge in [0, 0.05) is 13.1 Å². The number of amides is 1. The van der Waals surface area contributed by atoms with E-state index in [9.17, 15) is 4.79 Å². The number of likely N-dealkylation sites (N-methyl/N-ethyl adjacent to an activating group) is 1. The summed E-state index contributed by atoms with van der Waals surface area (Å²) in [7, 11) is 0. The van der Waals surface area contributed by atoms with E-state index in [1.54, 1.807) is 18.7 Å². The van der Waals surface area contributed by atoms with E-state index in [0.29, 0.717) is 30.1 Å². The van der Waals surface area contributed by atoms with Gasteiger partial charge in [0.25, 0.3) is 5.91 Å². The summed E-state index contributed by atoms with van der Waals surface area (Å²) < 4.78 is 4.93. The van der Waals surface area contributed by atoms with Gasteiger partial charge in [0.05, 0.1) is 12.3 Å². The largest absolute Gasteiger partial charge is 0.395 e. The fraction of sp³-hybridized carbons (Fsp3) is 0.600. The molecule has 0 spiro atoms. The molecule has 1 heterocycles. The zero-order chi connectivity index (χ0) is 11.4. The van der Waals surface area contributed by atoms with Gasteiger partial charge in [0.1, 0.15) is 11.3 Å². The van der Waals surface area contributed by atoms with E-state index in [2.05, 4.69) is 5.16 Å². The lowest BCUT2D eigenvalue weighted by atomic mass is 10.2. The van der Waals surface area contributed by atoms with Crippen molar-refractivity contribution in [1.82, 2.24) is 10.1 Å². The van der Waals surface area contributed by atoms with Crippen LogP contribution in [-0.2, 0) is 0 Å². The van der Waals surface area contributed by atoms with Crippen LogP contribution in [0.15, 0.2) is 4.52 Å². The number of carbonyl (C=O) groups excluding carboxylic acids is 1. The van der Waals surface area contributed by atoms with Gasteiger partial charge in [-0.3, -0.25) is 4.79 Å². The lowest BCUT2D eigenvalue weighted by Gasteiger charge is -2.19. The quantitative estimate of drug-likeness (QED) is 0.799. The first kappa shape index (κ1) is 11.7. The number of carbonyl (C=O) groups is 1. The maximum Gasteiger partial charge on any atom is 0.259 e. The highest BCUT2D eigenvalue weighted by atomic mass is 16.5. The van der Waals surface area contributed by atoms with Gasteiger partial charge < -0.3 is 14.5 Å². The van der Waals surface area contributed by atoms with Crippen LogP contribution < -0.4 is 0 Å². The van der Waals surface area contributed by atoms with Gasteiger partial charge in [-0.15, -0.1) is 0 Å². The highest BCUT2D eigenvalue weighted by Gasteiger charge is 2.21. The Bertz CT molecular complexity index is 327. The van der Waals surface area contributed by atoms with Crippen LogP contribution in [0.25, 0.3) is 0 Å². The maximum atomic E-state index is 12.0. The molecule has 0 fully saturated rings. The van der Waals surface area contributed by atoms with Gasteiger partial charge in [0.2, 0.25) is 0 Å². The van der Waals surface area contributed by atoms with Crippen LogP contribution >= 0.6 is 0 Å². The third kappa shape index (κ3) is 2.36. The van der Waals surface area contributed by atoms with E-state index in [1.165, 1.54) is 0 Å². The predicted octanol–water partition coefficient (Wildman–Crippen LogP) is 0.746. The summed E-state index contributed by atoms with van der Waals surface area (Å²) in [5.41, 5.74) is 1.10. The molecule has 5 heteroatoms. The van der Waals surface area contributed by atoms with E-state index in [-0.39, 0.29) is 12.5 Å².